The Morgan fingerprint density at radius 1 is 1.33 bits per heavy atom. The lowest BCUT2D eigenvalue weighted by Gasteiger charge is -2.20. The number of hydrogen-bond donors (Lipinski definition) is 1. The molecule has 2 saturated carbocycles. The number of hydrogen-bond acceptors (Lipinski definition) is 1. The van der Waals surface area contributed by atoms with Crippen LogP contribution in [0, 0.1) is 24.7 Å². The van der Waals surface area contributed by atoms with Gasteiger partial charge in [0.25, 0.3) is 0 Å². The summed E-state index contributed by atoms with van der Waals surface area (Å²) < 4.78 is 0. The lowest BCUT2D eigenvalue weighted by molar-refractivity contribution is -0.121. The van der Waals surface area contributed by atoms with Gasteiger partial charge in [-0.15, -0.1) is 0 Å². The number of aryl methyl sites for hydroxylation is 1. The van der Waals surface area contributed by atoms with Crippen LogP contribution in [0.2, 0.25) is 5.02 Å². The Bertz CT molecular complexity index is 485. The third kappa shape index (κ3) is 2.14. The van der Waals surface area contributed by atoms with E-state index >= 15 is 0 Å². The van der Waals surface area contributed by atoms with Crippen LogP contribution in [0.1, 0.15) is 31.2 Å². The van der Waals surface area contributed by atoms with Gasteiger partial charge in [-0.2, -0.15) is 0 Å². The van der Waals surface area contributed by atoms with Crippen molar-refractivity contribution in [2.75, 3.05) is 5.32 Å². The topological polar surface area (TPSA) is 29.1 Å². The summed E-state index contributed by atoms with van der Waals surface area (Å²) in [6.07, 6.45) is 4.89. The van der Waals surface area contributed by atoms with Crippen molar-refractivity contribution < 1.29 is 4.79 Å². The van der Waals surface area contributed by atoms with Crippen molar-refractivity contribution in [1.82, 2.24) is 0 Å². The van der Waals surface area contributed by atoms with Gasteiger partial charge in [0.15, 0.2) is 0 Å². The molecule has 0 aromatic heterocycles. The summed E-state index contributed by atoms with van der Waals surface area (Å²) in [6.45, 7) is 1.96. The first kappa shape index (κ1) is 12.0. The van der Waals surface area contributed by atoms with Gasteiger partial charge in [-0.25, -0.2) is 0 Å². The summed E-state index contributed by atoms with van der Waals surface area (Å²) in [6, 6.07) is 5.70. The van der Waals surface area contributed by atoms with Crippen LogP contribution in [0.5, 0.6) is 0 Å². The lowest BCUT2D eigenvalue weighted by Crippen LogP contribution is -2.27. The molecule has 0 heterocycles. The number of halogens is 1. The summed E-state index contributed by atoms with van der Waals surface area (Å²) in [7, 11) is 0. The van der Waals surface area contributed by atoms with E-state index in [1.807, 2.05) is 25.1 Å². The van der Waals surface area contributed by atoms with Crippen molar-refractivity contribution >= 4 is 23.2 Å². The van der Waals surface area contributed by atoms with Crippen molar-refractivity contribution in [2.45, 2.75) is 32.6 Å². The molecule has 1 N–H and O–H groups in total. The van der Waals surface area contributed by atoms with Crippen LogP contribution in [0.15, 0.2) is 18.2 Å². The molecule has 96 valence electrons. The van der Waals surface area contributed by atoms with Gasteiger partial charge < -0.3 is 5.32 Å². The van der Waals surface area contributed by atoms with Crippen molar-refractivity contribution in [3.05, 3.63) is 28.8 Å². The minimum Gasteiger partial charge on any atom is -0.326 e. The maximum Gasteiger partial charge on any atom is 0.227 e. The lowest BCUT2D eigenvalue weighted by atomic mass is 9.88. The first-order chi connectivity index (χ1) is 8.63. The Morgan fingerprint density at radius 2 is 2.17 bits per heavy atom. The molecular formula is C15H18ClNO. The van der Waals surface area contributed by atoms with Gasteiger partial charge in [-0.3, -0.25) is 4.79 Å². The average molecular weight is 264 g/mol. The number of nitrogens with one attached hydrogen (secondary N) is 1. The van der Waals surface area contributed by atoms with Gasteiger partial charge >= 0.3 is 0 Å². The second-order valence-electron chi connectivity index (χ2n) is 5.73. The fourth-order valence-corrected chi connectivity index (χ4v) is 3.65. The van der Waals surface area contributed by atoms with Crippen LogP contribution in [0.25, 0.3) is 0 Å². The van der Waals surface area contributed by atoms with E-state index in [0.29, 0.717) is 10.9 Å². The fourth-order valence-electron chi connectivity index (χ4n) is 3.47. The number of carbonyl (C=O) groups is 1. The number of anilines is 1. The molecule has 1 aromatic rings. The molecule has 2 aliphatic rings. The Morgan fingerprint density at radius 3 is 2.78 bits per heavy atom. The predicted octanol–water partition coefficient (Wildman–Crippen LogP) is 4.02. The molecule has 18 heavy (non-hydrogen) atoms. The predicted molar refractivity (Wildman–Crippen MR) is 73.8 cm³/mol. The summed E-state index contributed by atoms with van der Waals surface area (Å²) >= 11 is 6.07. The Balaban J connectivity index is 1.69. The van der Waals surface area contributed by atoms with Gasteiger partial charge in [0.1, 0.15) is 0 Å². The average Bonchev–Trinajstić information content (AvgIpc) is 2.96. The Labute approximate surface area is 113 Å². The van der Waals surface area contributed by atoms with E-state index in [1.54, 1.807) is 0 Å². The standard InChI is InChI=1S/C15H18ClNO/c1-9-2-5-12(8-14(9)16)17-15(18)13-7-10-3-4-11(13)6-10/h2,5,8,10-11,13H,3-4,6-7H2,1H3,(H,17,18)/t10-,11-,13+/m0/s1. The quantitative estimate of drug-likeness (QED) is 0.858. The highest BCUT2D eigenvalue weighted by atomic mass is 35.5. The molecule has 2 fully saturated rings. The van der Waals surface area contributed by atoms with Crippen LogP contribution in [-0.4, -0.2) is 5.91 Å². The SMILES string of the molecule is Cc1ccc(NC(=O)[C@@H]2C[C@H]3CC[C@H]2C3)cc1Cl. The highest BCUT2D eigenvalue weighted by Crippen LogP contribution is 2.48. The molecule has 2 aliphatic carbocycles. The zero-order chi connectivity index (χ0) is 12.7. The minimum atomic E-state index is 0.183. The number of amides is 1. The molecule has 3 rings (SSSR count). The number of carbonyl (C=O) groups excluding carboxylic acids is 1. The second kappa shape index (κ2) is 4.58. The first-order valence-corrected chi connectivity index (χ1v) is 7.08. The highest BCUT2D eigenvalue weighted by Gasteiger charge is 2.42. The second-order valence-corrected chi connectivity index (χ2v) is 6.14. The van der Waals surface area contributed by atoms with E-state index in [-0.39, 0.29) is 11.8 Å². The van der Waals surface area contributed by atoms with E-state index in [0.717, 1.165) is 23.6 Å². The van der Waals surface area contributed by atoms with Crippen LogP contribution >= 0.6 is 11.6 Å². The summed E-state index contributed by atoms with van der Waals surface area (Å²) in [4.78, 5) is 12.2. The largest absolute Gasteiger partial charge is 0.326 e. The molecule has 0 spiro atoms. The van der Waals surface area contributed by atoms with E-state index in [1.165, 1.54) is 19.3 Å². The summed E-state index contributed by atoms with van der Waals surface area (Å²) in [5, 5.41) is 3.72. The molecule has 3 atom stereocenters. The number of fused-ring (bicyclic) bond motifs is 2. The van der Waals surface area contributed by atoms with Crippen LogP contribution in [-0.2, 0) is 4.79 Å². The highest BCUT2D eigenvalue weighted by molar-refractivity contribution is 6.31. The molecule has 0 radical (unpaired) electrons. The Kier molecular flexibility index (Phi) is 3.06. The number of benzene rings is 1. The normalized spacial score (nSPS) is 29.6. The maximum atomic E-state index is 12.2. The van der Waals surface area contributed by atoms with Crippen LogP contribution < -0.4 is 5.32 Å². The van der Waals surface area contributed by atoms with Gasteiger partial charge in [0, 0.05) is 16.6 Å². The maximum absolute atomic E-state index is 12.2. The van der Waals surface area contributed by atoms with Crippen LogP contribution in [0.4, 0.5) is 5.69 Å². The van der Waals surface area contributed by atoms with E-state index in [9.17, 15) is 4.79 Å². The van der Waals surface area contributed by atoms with E-state index in [4.69, 9.17) is 11.6 Å². The van der Waals surface area contributed by atoms with E-state index < -0.39 is 0 Å². The van der Waals surface area contributed by atoms with Gasteiger partial charge in [0.2, 0.25) is 5.91 Å². The monoisotopic (exact) mass is 263 g/mol. The first-order valence-electron chi connectivity index (χ1n) is 6.70. The third-order valence-corrected chi connectivity index (χ3v) is 4.92. The van der Waals surface area contributed by atoms with Crippen molar-refractivity contribution in [3.63, 3.8) is 0 Å². The number of rotatable bonds is 2. The smallest absolute Gasteiger partial charge is 0.227 e. The molecule has 3 heteroatoms. The molecular weight excluding hydrogens is 246 g/mol. The van der Waals surface area contributed by atoms with Crippen molar-refractivity contribution in [3.8, 4) is 0 Å². The minimum absolute atomic E-state index is 0.183. The zero-order valence-corrected chi connectivity index (χ0v) is 11.3. The molecule has 2 nitrogen and oxygen atoms in total. The third-order valence-electron chi connectivity index (χ3n) is 4.51. The fraction of sp³-hybridized carbons (Fsp3) is 0.533. The van der Waals surface area contributed by atoms with Gasteiger partial charge in [0.05, 0.1) is 0 Å². The molecule has 1 aromatic carbocycles. The van der Waals surface area contributed by atoms with Gasteiger partial charge in [-0.05, 0) is 55.7 Å². The van der Waals surface area contributed by atoms with Crippen LogP contribution in [0.3, 0.4) is 0 Å². The van der Waals surface area contributed by atoms with Crippen molar-refractivity contribution in [2.24, 2.45) is 17.8 Å². The molecule has 0 aliphatic heterocycles. The molecule has 0 unspecified atom stereocenters. The van der Waals surface area contributed by atoms with Gasteiger partial charge in [-0.1, -0.05) is 24.1 Å². The molecule has 2 bridgehead atoms. The van der Waals surface area contributed by atoms with Crippen molar-refractivity contribution in [1.29, 1.82) is 0 Å². The molecule has 1 amide bonds. The summed E-state index contributed by atoms with van der Waals surface area (Å²) in [5.41, 5.74) is 1.85. The Hall–Kier alpha value is -1.02. The zero-order valence-electron chi connectivity index (χ0n) is 10.6. The van der Waals surface area contributed by atoms with E-state index in [2.05, 4.69) is 5.32 Å². The molecule has 0 saturated heterocycles. The summed E-state index contributed by atoms with van der Waals surface area (Å²) in [5.74, 6) is 1.83.